The molecule has 0 amide bonds. The number of aromatic nitrogens is 2. The molecule has 0 saturated carbocycles. The molecule has 6 nitrogen and oxygen atoms in total. The second-order valence-corrected chi connectivity index (χ2v) is 7.36. The lowest BCUT2D eigenvalue weighted by Gasteiger charge is -2.32. The van der Waals surface area contributed by atoms with Crippen molar-refractivity contribution >= 4 is 22.4 Å². The minimum atomic E-state index is -1.59. The van der Waals surface area contributed by atoms with E-state index in [0.717, 1.165) is 16.5 Å². The number of hydrogen-bond acceptors (Lipinski definition) is 5. The predicted molar refractivity (Wildman–Crippen MR) is 102 cm³/mol. The number of carbonyl (C=O) groups is 1. The average molecular weight is 361 g/mol. The average Bonchev–Trinajstić information content (AvgIpc) is 3.02. The van der Waals surface area contributed by atoms with Crippen molar-refractivity contribution in [2.75, 3.05) is 5.73 Å². The van der Waals surface area contributed by atoms with Crippen LogP contribution in [0.4, 0.5) is 5.69 Å². The zero-order valence-electron chi connectivity index (χ0n) is 15.0. The van der Waals surface area contributed by atoms with Gasteiger partial charge in [0.15, 0.2) is 5.78 Å². The summed E-state index contributed by atoms with van der Waals surface area (Å²) in [7, 11) is 0. The first-order chi connectivity index (χ1) is 12.9. The number of Topliss-reactive ketones (excluding diaryl/α,β-unsaturated/α-hetero) is 1. The lowest BCUT2D eigenvalue weighted by atomic mass is 9.77. The van der Waals surface area contributed by atoms with Gasteiger partial charge in [-0.2, -0.15) is 0 Å². The lowest BCUT2D eigenvalue weighted by molar-refractivity contribution is -0.140. The molecule has 3 N–H and O–H groups in total. The first kappa shape index (κ1) is 16.2. The van der Waals surface area contributed by atoms with Crippen LogP contribution in [0.5, 0.6) is 0 Å². The first-order valence-corrected chi connectivity index (χ1v) is 9.15. The normalized spacial score (nSPS) is 20.4. The van der Waals surface area contributed by atoms with Gasteiger partial charge in [0.2, 0.25) is 0 Å². The van der Waals surface area contributed by atoms with Crippen molar-refractivity contribution in [2.45, 2.75) is 38.3 Å². The van der Waals surface area contributed by atoms with Crippen molar-refractivity contribution in [3.63, 3.8) is 0 Å². The molecular weight excluding hydrogens is 342 g/mol. The van der Waals surface area contributed by atoms with Crippen LogP contribution in [0.15, 0.2) is 35.1 Å². The number of nitrogens with zero attached hydrogens (tertiary/aromatic N) is 2. The molecule has 6 heteroatoms. The van der Waals surface area contributed by atoms with Gasteiger partial charge in [-0.3, -0.25) is 9.59 Å². The molecule has 1 atom stereocenters. The van der Waals surface area contributed by atoms with E-state index < -0.39 is 5.60 Å². The zero-order valence-corrected chi connectivity index (χ0v) is 15.0. The summed E-state index contributed by atoms with van der Waals surface area (Å²) in [4.78, 5) is 30.3. The van der Waals surface area contributed by atoms with Gasteiger partial charge in [-0.15, -0.1) is 0 Å². The number of pyridine rings is 2. The number of fused-ring (bicyclic) bond motifs is 5. The minimum absolute atomic E-state index is 0.142. The third-order valence-corrected chi connectivity index (χ3v) is 5.96. The fourth-order valence-corrected chi connectivity index (χ4v) is 4.41. The van der Waals surface area contributed by atoms with E-state index in [1.54, 1.807) is 17.6 Å². The molecule has 0 spiro atoms. The van der Waals surface area contributed by atoms with Crippen molar-refractivity contribution in [1.29, 1.82) is 0 Å². The smallest absolute Gasteiger partial charge is 0.254 e. The van der Waals surface area contributed by atoms with Crippen molar-refractivity contribution in [2.24, 2.45) is 0 Å². The Kier molecular flexibility index (Phi) is 3.16. The summed E-state index contributed by atoms with van der Waals surface area (Å²) in [6, 6.07) is 9.33. The molecule has 0 fully saturated rings. The third-order valence-electron chi connectivity index (χ3n) is 5.96. The van der Waals surface area contributed by atoms with E-state index in [0.29, 0.717) is 41.2 Å². The third kappa shape index (κ3) is 2.01. The Morgan fingerprint density at radius 2 is 2.07 bits per heavy atom. The summed E-state index contributed by atoms with van der Waals surface area (Å²) in [5.74, 6) is -0.223. The number of ketones is 1. The summed E-state index contributed by atoms with van der Waals surface area (Å²) >= 11 is 0. The van der Waals surface area contributed by atoms with Crippen LogP contribution in [0.1, 0.15) is 36.5 Å². The largest absolute Gasteiger partial charge is 0.398 e. The molecule has 3 aromatic rings. The second-order valence-electron chi connectivity index (χ2n) is 7.36. The van der Waals surface area contributed by atoms with Crippen LogP contribution in [0.3, 0.4) is 0 Å². The maximum atomic E-state index is 13.1. The summed E-state index contributed by atoms with van der Waals surface area (Å²) in [5.41, 5.74) is 9.02. The Hall–Kier alpha value is -2.99. The minimum Gasteiger partial charge on any atom is -0.398 e. The van der Waals surface area contributed by atoms with Crippen LogP contribution in [-0.2, 0) is 23.4 Å². The van der Waals surface area contributed by atoms with Crippen LogP contribution in [0.2, 0.25) is 0 Å². The molecule has 1 aliphatic heterocycles. The van der Waals surface area contributed by atoms with Crippen molar-refractivity contribution in [1.82, 2.24) is 9.55 Å². The SMILES string of the molecule is CC[C@@]1(O)C(=O)CCc2c1cc1n(c2=O)Cc2cc3c(N)cccc3nc2-1. The standard InChI is InChI=1S/C21H19N3O3/c1-2-21(27)14-9-17-19-11(8-13-15(22)4-3-5-16(13)23-19)10-24(17)20(26)12(14)6-7-18(21)25/h3-5,8-9,27H,2,6-7,10,22H2,1H3/t21-/m0/s1. The van der Waals surface area contributed by atoms with Crippen molar-refractivity contribution < 1.29 is 9.90 Å². The molecule has 5 rings (SSSR count). The number of benzene rings is 1. The number of aliphatic hydroxyl groups is 1. The van der Waals surface area contributed by atoms with Gasteiger partial charge in [0.25, 0.3) is 5.56 Å². The van der Waals surface area contributed by atoms with Crippen molar-refractivity contribution in [3.05, 3.63) is 57.4 Å². The number of carbonyl (C=O) groups excluding carboxylic acids is 1. The molecule has 0 bridgehead atoms. The maximum absolute atomic E-state index is 13.1. The summed E-state index contributed by atoms with van der Waals surface area (Å²) in [5, 5.41) is 11.8. The molecule has 1 aromatic carbocycles. The fourth-order valence-electron chi connectivity index (χ4n) is 4.41. The van der Waals surface area contributed by atoms with Gasteiger partial charge < -0.3 is 15.4 Å². The molecule has 0 saturated heterocycles. The molecule has 3 heterocycles. The topological polar surface area (TPSA) is 98.2 Å². The highest BCUT2D eigenvalue weighted by atomic mass is 16.3. The fraction of sp³-hybridized carbons (Fsp3) is 0.286. The van der Waals surface area contributed by atoms with Gasteiger partial charge in [0, 0.05) is 34.2 Å². The van der Waals surface area contributed by atoms with Crippen LogP contribution in [0.25, 0.3) is 22.3 Å². The number of rotatable bonds is 1. The predicted octanol–water partition coefficient (Wildman–Crippen LogP) is 2.12. The molecule has 27 heavy (non-hydrogen) atoms. The zero-order chi connectivity index (χ0) is 18.9. The second kappa shape index (κ2) is 5.27. The van der Waals surface area contributed by atoms with Crippen LogP contribution in [0, 0.1) is 0 Å². The monoisotopic (exact) mass is 361 g/mol. The van der Waals surface area contributed by atoms with Gasteiger partial charge in [-0.25, -0.2) is 4.98 Å². The Morgan fingerprint density at radius 1 is 1.26 bits per heavy atom. The van der Waals surface area contributed by atoms with Gasteiger partial charge in [0.05, 0.1) is 23.4 Å². The van der Waals surface area contributed by atoms with E-state index in [2.05, 4.69) is 0 Å². The number of hydrogen-bond donors (Lipinski definition) is 2. The lowest BCUT2D eigenvalue weighted by Crippen LogP contribution is -2.43. The van der Waals surface area contributed by atoms with E-state index in [1.807, 2.05) is 24.3 Å². The van der Waals surface area contributed by atoms with E-state index in [9.17, 15) is 14.7 Å². The van der Waals surface area contributed by atoms with Crippen LogP contribution >= 0.6 is 0 Å². The Labute approximate surface area is 155 Å². The molecule has 1 aliphatic carbocycles. The highest BCUT2D eigenvalue weighted by Crippen LogP contribution is 2.39. The maximum Gasteiger partial charge on any atom is 0.254 e. The number of nitrogen functional groups attached to an aromatic ring is 1. The molecular formula is C21H19N3O3. The Morgan fingerprint density at radius 3 is 2.85 bits per heavy atom. The first-order valence-electron chi connectivity index (χ1n) is 9.15. The number of anilines is 1. The highest BCUT2D eigenvalue weighted by Gasteiger charge is 2.43. The molecule has 136 valence electrons. The van der Waals surface area contributed by atoms with Gasteiger partial charge in [-0.1, -0.05) is 13.0 Å². The van der Waals surface area contributed by atoms with Crippen LogP contribution in [-0.4, -0.2) is 20.4 Å². The quantitative estimate of drug-likeness (QED) is 0.506. The molecule has 2 aliphatic rings. The van der Waals surface area contributed by atoms with E-state index in [-0.39, 0.29) is 24.2 Å². The Bertz CT molecular complexity index is 1210. The van der Waals surface area contributed by atoms with E-state index >= 15 is 0 Å². The summed E-state index contributed by atoms with van der Waals surface area (Å²) < 4.78 is 1.69. The molecule has 0 unspecified atom stereocenters. The summed E-state index contributed by atoms with van der Waals surface area (Å²) in [6.07, 6.45) is 0.808. The van der Waals surface area contributed by atoms with E-state index in [1.165, 1.54) is 0 Å². The highest BCUT2D eigenvalue weighted by molar-refractivity contribution is 5.94. The summed E-state index contributed by atoms with van der Waals surface area (Å²) in [6.45, 7) is 2.19. The van der Waals surface area contributed by atoms with Crippen molar-refractivity contribution in [3.8, 4) is 11.4 Å². The number of nitrogens with two attached hydrogens (primary N) is 1. The van der Waals surface area contributed by atoms with Crippen LogP contribution < -0.4 is 11.3 Å². The molecule has 0 radical (unpaired) electrons. The van der Waals surface area contributed by atoms with Gasteiger partial charge in [0.1, 0.15) is 5.60 Å². The Balaban J connectivity index is 1.81. The van der Waals surface area contributed by atoms with Gasteiger partial charge in [-0.05, 0) is 37.1 Å². The molecule has 2 aromatic heterocycles. The van der Waals surface area contributed by atoms with Gasteiger partial charge >= 0.3 is 0 Å². The van der Waals surface area contributed by atoms with E-state index in [4.69, 9.17) is 10.7 Å².